The molecular formula is C12H16Br2N2. The van der Waals surface area contributed by atoms with Crippen molar-refractivity contribution in [3.63, 3.8) is 0 Å². The highest BCUT2D eigenvalue weighted by atomic mass is 79.9. The molecule has 16 heavy (non-hydrogen) atoms. The molecule has 0 aromatic carbocycles. The summed E-state index contributed by atoms with van der Waals surface area (Å²) in [4.78, 5) is 6.96. The molecule has 1 aromatic heterocycles. The van der Waals surface area contributed by atoms with E-state index >= 15 is 0 Å². The molecule has 1 fully saturated rings. The zero-order valence-corrected chi connectivity index (χ0v) is 12.8. The van der Waals surface area contributed by atoms with Gasteiger partial charge in [-0.3, -0.25) is 0 Å². The molecule has 0 bridgehead atoms. The first-order chi connectivity index (χ1) is 7.59. The van der Waals surface area contributed by atoms with Crippen molar-refractivity contribution in [2.24, 2.45) is 5.92 Å². The van der Waals surface area contributed by atoms with E-state index in [2.05, 4.69) is 61.7 Å². The van der Waals surface area contributed by atoms with Gasteiger partial charge in [-0.2, -0.15) is 0 Å². The lowest BCUT2D eigenvalue weighted by Crippen LogP contribution is -2.34. The number of hydrogen-bond acceptors (Lipinski definition) is 2. The number of halogens is 2. The van der Waals surface area contributed by atoms with Crippen molar-refractivity contribution >= 4 is 37.7 Å². The van der Waals surface area contributed by atoms with Gasteiger partial charge in [-0.25, -0.2) is 4.98 Å². The predicted molar refractivity (Wildman–Crippen MR) is 74.8 cm³/mol. The Bertz CT molecular complexity index is 379. The summed E-state index contributed by atoms with van der Waals surface area (Å²) in [6, 6.07) is 2.70. The van der Waals surface area contributed by atoms with Crippen LogP contribution in [-0.4, -0.2) is 17.6 Å². The maximum absolute atomic E-state index is 4.52. The van der Waals surface area contributed by atoms with E-state index in [1.54, 1.807) is 0 Å². The van der Waals surface area contributed by atoms with Crippen LogP contribution in [0.5, 0.6) is 0 Å². The Morgan fingerprint density at radius 2 is 2.19 bits per heavy atom. The molecule has 88 valence electrons. The van der Waals surface area contributed by atoms with Gasteiger partial charge in [0.15, 0.2) is 0 Å². The largest absolute Gasteiger partial charge is 0.352 e. The van der Waals surface area contributed by atoms with Crippen LogP contribution in [0.25, 0.3) is 0 Å². The number of pyridine rings is 1. The standard InChI is InChI=1S/C12H16Br2N2/c1-8(2)11-4-3-5-16(11)12-10(14)6-9(13)7-15-12/h6-8,11H,3-5H2,1-2H3. The van der Waals surface area contributed by atoms with Crippen molar-refractivity contribution in [3.05, 3.63) is 21.2 Å². The van der Waals surface area contributed by atoms with Gasteiger partial charge in [-0.15, -0.1) is 0 Å². The van der Waals surface area contributed by atoms with Crippen LogP contribution < -0.4 is 4.90 Å². The van der Waals surface area contributed by atoms with Crippen molar-refractivity contribution in [1.29, 1.82) is 0 Å². The maximum Gasteiger partial charge on any atom is 0.143 e. The Morgan fingerprint density at radius 1 is 1.44 bits per heavy atom. The highest BCUT2D eigenvalue weighted by molar-refractivity contribution is 9.11. The minimum Gasteiger partial charge on any atom is -0.352 e. The molecule has 1 aliphatic rings. The second-order valence-corrected chi connectivity index (χ2v) is 6.38. The zero-order valence-electron chi connectivity index (χ0n) is 9.58. The van der Waals surface area contributed by atoms with Crippen LogP contribution in [0.3, 0.4) is 0 Å². The Labute approximate surface area is 114 Å². The van der Waals surface area contributed by atoms with Crippen LogP contribution in [0.2, 0.25) is 0 Å². The molecule has 1 saturated heterocycles. The summed E-state index contributed by atoms with van der Waals surface area (Å²) in [6.45, 7) is 5.70. The van der Waals surface area contributed by atoms with Crippen LogP contribution in [0.4, 0.5) is 5.82 Å². The first-order valence-corrected chi connectivity index (χ1v) is 7.26. The lowest BCUT2D eigenvalue weighted by Gasteiger charge is -2.29. The molecule has 2 rings (SSSR count). The molecular weight excluding hydrogens is 332 g/mol. The molecule has 1 atom stereocenters. The molecule has 2 heterocycles. The Kier molecular flexibility index (Phi) is 3.90. The van der Waals surface area contributed by atoms with Crippen molar-refractivity contribution in [2.75, 3.05) is 11.4 Å². The summed E-state index contributed by atoms with van der Waals surface area (Å²) in [5.41, 5.74) is 0. The van der Waals surface area contributed by atoms with E-state index in [0.717, 1.165) is 21.3 Å². The minimum absolute atomic E-state index is 0.630. The van der Waals surface area contributed by atoms with Crippen LogP contribution >= 0.6 is 31.9 Å². The Morgan fingerprint density at radius 3 is 2.81 bits per heavy atom. The number of aromatic nitrogens is 1. The molecule has 4 heteroatoms. The molecule has 1 aromatic rings. The topological polar surface area (TPSA) is 16.1 Å². The third-order valence-corrected chi connectivity index (χ3v) is 4.15. The van der Waals surface area contributed by atoms with Crippen LogP contribution in [0.1, 0.15) is 26.7 Å². The van der Waals surface area contributed by atoms with Gasteiger partial charge >= 0.3 is 0 Å². The van der Waals surface area contributed by atoms with Gasteiger partial charge in [0, 0.05) is 23.3 Å². The lowest BCUT2D eigenvalue weighted by molar-refractivity contribution is 0.489. The number of hydrogen-bond donors (Lipinski definition) is 0. The van der Waals surface area contributed by atoms with Gasteiger partial charge in [-0.1, -0.05) is 13.8 Å². The zero-order chi connectivity index (χ0) is 11.7. The van der Waals surface area contributed by atoms with Crippen molar-refractivity contribution in [3.8, 4) is 0 Å². The number of nitrogens with zero attached hydrogens (tertiary/aromatic N) is 2. The smallest absolute Gasteiger partial charge is 0.143 e. The fourth-order valence-electron chi connectivity index (χ4n) is 2.37. The summed E-state index contributed by atoms with van der Waals surface area (Å²) in [6.07, 6.45) is 4.42. The van der Waals surface area contributed by atoms with Crippen molar-refractivity contribution in [2.45, 2.75) is 32.7 Å². The van der Waals surface area contributed by atoms with E-state index in [9.17, 15) is 0 Å². The normalized spacial score (nSPS) is 20.8. The van der Waals surface area contributed by atoms with E-state index in [0.29, 0.717) is 12.0 Å². The van der Waals surface area contributed by atoms with E-state index < -0.39 is 0 Å². The van der Waals surface area contributed by atoms with E-state index in [4.69, 9.17) is 0 Å². The quantitative estimate of drug-likeness (QED) is 0.795. The minimum atomic E-state index is 0.630. The summed E-state index contributed by atoms with van der Waals surface area (Å²) in [5, 5.41) is 0. The summed E-state index contributed by atoms with van der Waals surface area (Å²) < 4.78 is 2.10. The summed E-state index contributed by atoms with van der Waals surface area (Å²) in [7, 11) is 0. The molecule has 0 amide bonds. The molecule has 0 N–H and O–H groups in total. The average molecular weight is 348 g/mol. The van der Waals surface area contributed by atoms with E-state index in [1.165, 1.54) is 12.8 Å². The van der Waals surface area contributed by atoms with Crippen LogP contribution in [0.15, 0.2) is 21.2 Å². The fraction of sp³-hybridized carbons (Fsp3) is 0.583. The number of rotatable bonds is 2. The van der Waals surface area contributed by atoms with Gasteiger partial charge in [0.1, 0.15) is 5.82 Å². The van der Waals surface area contributed by atoms with Crippen LogP contribution in [-0.2, 0) is 0 Å². The highest BCUT2D eigenvalue weighted by Gasteiger charge is 2.29. The second-order valence-electron chi connectivity index (χ2n) is 4.61. The molecule has 0 spiro atoms. The molecule has 2 nitrogen and oxygen atoms in total. The van der Waals surface area contributed by atoms with Gasteiger partial charge in [0.05, 0.1) is 4.47 Å². The van der Waals surface area contributed by atoms with Gasteiger partial charge in [-0.05, 0) is 56.7 Å². The first-order valence-electron chi connectivity index (χ1n) is 5.67. The fourth-order valence-corrected chi connectivity index (χ4v) is 3.58. The first kappa shape index (κ1) is 12.4. The number of anilines is 1. The average Bonchev–Trinajstić information content (AvgIpc) is 2.66. The van der Waals surface area contributed by atoms with Crippen molar-refractivity contribution < 1.29 is 0 Å². The summed E-state index contributed by atoms with van der Waals surface area (Å²) >= 11 is 7.04. The maximum atomic E-state index is 4.52. The third-order valence-electron chi connectivity index (χ3n) is 3.13. The third kappa shape index (κ3) is 2.43. The van der Waals surface area contributed by atoms with Crippen LogP contribution in [0, 0.1) is 5.92 Å². The Hall–Kier alpha value is -0.0900. The monoisotopic (exact) mass is 346 g/mol. The molecule has 0 aliphatic carbocycles. The van der Waals surface area contributed by atoms with E-state index in [-0.39, 0.29) is 0 Å². The predicted octanol–water partition coefficient (Wildman–Crippen LogP) is 4.23. The van der Waals surface area contributed by atoms with E-state index in [1.807, 2.05) is 6.20 Å². The summed E-state index contributed by atoms with van der Waals surface area (Å²) in [5.74, 6) is 1.76. The molecule has 0 saturated carbocycles. The molecule has 1 aliphatic heterocycles. The van der Waals surface area contributed by atoms with Gasteiger partial charge in [0.25, 0.3) is 0 Å². The lowest BCUT2D eigenvalue weighted by atomic mass is 10.0. The SMILES string of the molecule is CC(C)C1CCCN1c1ncc(Br)cc1Br. The van der Waals surface area contributed by atoms with Gasteiger partial charge < -0.3 is 4.90 Å². The molecule has 0 radical (unpaired) electrons. The highest BCUT2D eigenvalue weighted by Crippen LogP contribution is 2.34. The molecule has 1 unspecified atom stereocenters. The Balaban J connectivity index is 2.29. The second kappa shape index (κ2) is 5.05. The van der Waals surface area contributed by atoms with Crippen molar-refractivity contribution in [1.82, 2.24) is 4.98 Å². The van der Waals surface area contributed by atoms with Gasteiger partial charge in [0.2, 0.25) is 0 Å².